The van der Waals surface area contributed by atoms with E-state index in [2.05, 4.69) is 54.7 Å². The molecule has 6 heteroatoms. The zero-order valence-electron chi connectivity index (χ0n) is 24.4. The number of nitrogens with one attached hydrogen (secondary N) is 1. The van der Waals surface area contributed by atoms with Crippen molar-refractivity contribution in [2.45, 2.75) is 51.6 Å². The summed E-state index contributed by atoms with van der Waals surface area (Å²) in [5, 5.41) is 3.65. The minimum absolute atomic E-state index is 0.0318. The van der Waals surface area contributed by atoms with E-state index in [4.69, 9.17) is 4.74 Å². The lowest BCUT2D eigenvalue weighted by molar-refractivity contribution is -0.132. The van der Waals surface area contributed by atoms with Crippen molar-refractivity contribution >= 4 is 17.4 Å². The number of benzene rings is 3. The summed E-state index contributed by atoms with van der Waals surface area (Å²) in [7, 11) is 1.88. The average Bonchev–Trinajstić information content (AvgIpc) is 3.00. The van der Waals surface area contributed by atoms with Crippen molar-refractivity contribution in [2.24, 2.45) is 0 Å². The number of hydrogen-bond acceptors (Lipinski definition) is 4. The van der Waals surface area contributed by atoms with E-state index in [-0.39, 0.29) is 23.9 Å². The van der Waals surface area contributed by atoms with Crippen LogP contribution in [0.2, 0.25) is 0 Å². The van der Waals surface area contributed by atoms with Crippen LogP contribution in [0.4, 0.5) is 0 Å². The molecule has 0 saturated carbocycles. The van der Waals surface area contributed by atoms with Crippen LogP contribution >= 0.6 is 0 Å². The SMILES string of the molecule is CCc1ccccc1OCCc1ccc(C2=C(C(=O)N(C)CCc3ccccc3)[C@H]3CN(C(C)=O)C[C@@H](C2)N3)cc1. The fraction of sp³-hybridized carbons (Fsp3) is 0.371. The number of aryl methyl sites for hydroxylation is 1. The van der Waals surface area contributed by atoms with Crippen LogP contribution in [0, 0.1) is 0 Å². The Morgan fingerprint density at radius 1 is 0.927 bits per heavy atom. The molecular formula is C35H41N3O3. The van der Waals surface area contributed by atoms with Crippen LogP contribution in [0.3, 0.4) is 0 Å². The molecule has 2 amide bonds. The van der Waals surface area contributed by atoms with E-state index in [1.54, 1.807) is 6.92 Å². The first-order chi connectivity index (χ1) is 19.9. The van der Waals surface area contributed by atoms with Gasteiger partial charge < -0.3 is 19.9 Å². The van der Waals surface area contributed by atoms with Crippen LogP contribution < -0.4 is 10.1 Å². The van der Waals surface area contributed by atoms with Gasteiger partial charge in [0.2, 0.25) is 5.91 Å². The van der Waals surface area contributed by atoms with Crippen molar-refractivity contribution in [3.05, 3.63) is 107 Å². The summed E-state index contributed by atoms with van der Waals surface area (Å²) in [6.07, 6.45) is 3.27. The van der Waals surface area contributed by atoms with Gasteiger partial charge in [0.1, 0.15) is 5.75 Å². The summed E-state index contributed by atoms with van der Waals surface area (Å²) in [5.41, 5.74) is 6.60. The molecule has 1 fully saturated rings. The summed E-state index contributed by atoms with van der Waals surface area (Å²) >= 11 is 0. The number of ether oxygens (including phenoxy) is 1. The number of piperazine rings is 1. The molecule has 2 heterocycles. The molecule has 3 aromatic rings. The molecular weight excluding hydrogens is 510 g/mol. The first-order valence-electron chi connectivity index (χ1n) is 14.8. The monoisotopic (exact) mass is 551 g/mol. The highest BCUT2D eigenvalue weighted by Gasteiger charge is 2.39. The van der Waals surface area contributed by atoms with E-state index in [1.165, 1.54) is 16.7 Å². The molecule has 0 radical (unpaired) electrons. The fourth-order valence-corrected chi connectivity index (χ4v) is 5.96. The number of para-hydroxylation sites is 1. The van der Waals surface area contributed by atoms with Gasteiger partial charge in [-0.3, -0.25) is 9.59 Å². The predicted octanol–water partition coefficient (Wildman–Crippen LogP) is 4.92. The van der Waals surface area contributed by atoms with E-state index < -0.39 is 0 Å². The smallest absolute Gasteiger partial charge is 0.251 e. The topological polar surface area (TPSA) is 61.9 Å². The van der Waals surface area contributed by atoms with Gasteiger partial charge in [-0.05, 0) is 53.2 Å². The lowest BCUT2D eigenvalue weighted by Gasteiger charge is -2.44. The lowest BCUT2D eigenvalue weighted by atomic mass is 9.82. The van der Waals surface area contributed by atoms with Gasteiger partial charge in [0.05, 0.1) is 12.6 Å². The van der Waals surface area contributed by atoms with E-state index in [9.17, 15) is 9.59 Å². The molecule has 41 heavy (non-hydrogen) atoms. The number of carbonyl (C=O) groups excluding carboxylic acids is 2. The molecule has 2 aliphatic heterocycles. The molecule has 2 aliphatic rings. The third-order valence-electron chi connectivity index (χ3n) is 8.31. The molecule has 0 unspecified atom stereocenters. The molecule has 6 nitrogen and oxygen atoms in total. The van der Waals surface area contributed by atoms with Gasteiger partial charge in [-0.15, -0.1) is 0 Å². The van der Waals surface area contributed by atoms with Gasteiger partial charge in [0, 0.05) is 51.6 Å². The molecule has 0 spiro atoms. The maximum absolute atomic E-state index is 14.0. The van der Waals surface area contributed by atoms with Gasteiger partial charge >= 0.3 is 0 Å². The third kappa shape index (κ3) is 6.88. The second kappa shape index (κ2) is 13.2. The number of fused-ring (bicyclic) bond motifs is 2. The van der Waals surface area contributed by atoms with Crippen LogP contribution in [0.1, 0.15) is 42.5 Å². The second-order valence-electron chi connectivity index (χ2n) is 11.2. The van der Waals surface area contributed by atoms with E-state index in [1.807, 2.05) is 53.2 Å². The van der Waals surface area contributed by atoms with Gasteiger partial charge in [-0.1, -0.05) is 79.7 Å². The van der Waals surface area contributed by atoms with E-state index >= 15 is 0 Å². The normalized spacial score (nSPS) is 18.3. The second-order valence-corrected chi connectivity index (χ2v) is 11.2. The molecule has 0 aliphatic carbocycles. The lowest BCUT2D eigenvalue weighted by Crippen LogP contribution is -2.61. The number of likely N-dealkylation sites (N-methyl/N-ethyl adjacent to an activating group) is 1. The first-order valence-corrected chi connectivity index (χ1v) is 14.8. The minimum Gasteiger partial charge on any atom is -0.493 e. The van der Waals surface area contributed by atoms with Crippen molar-refractivity contribution in [1.82, 2.24) is 15.1 Å². The highest BCUT2D eigenvalue weighted by atomic mass is 16.5. The predicted molar refractivity (Wildman–Crippen MR) is 164 cm³/mol. The van der Waals surface area contributed by atoms with E-state index in [0.717, 1.165) is 41.7 Å². The van der Waals surface area contributed by atoms with Gasteiger partial charge in [-0.25, -0.2) is 0 Å². The summed E-state index contributed by atoms with van der Waals surface area (Å²) in [5.74, 6) is 1.05. The molecule has 214 valence electrons. The van der Waals surface area contributed by atoms with Crippen LogP contribution in [0.25, 0.3) is 5.57 Å². The summed E-state index contributed by atoms with van der Waals surface area (Å²) in [6.45, 7) is 6.17. The highest BCUT2D eigenvalue weighted by molar-refractivity contribution is 6.03. The fourth-order valence-electron chi connectivity index (χ4n) is 5.96. The van der Waals surface area contributed by atoms with Crippen molar-refractivity contribution in [2.75, 3.05) is 33.3 Å². The zero-order chi connectivity index (χ0) is 28.8. The number of amides is 2. The quantitative estimate of drug-likeness (QED) is 0.389. The van der Waals surface area contributed by atoms with Crippen molar-refractivity contribution in [3.8, 4) is 5.75 Å². The van der Waals surface area contributed by atoms with Crippen molar-refractivity contribution in [3.63, 3.8) is 0 Å². The molecule has 0 aromatic heterocycles. The standard InChI is InChI=1S/C35H41N3O3/c1-4-28-12-8-9-13-33(28)41-21-19-27-14-16-29(17-15-27)31-22-30-23-38(25(2)39)24-32(36-30)34(31)35(40)37(3)20-18-26-10-6-5-7-11-26/h5-17,30,32,36H,4,18-24H2,1-3H3/t30-,32-/m1/s1. The molecule has 1 saturated heterocycles. The van der Waals surface area contributed by atoms with Crippen molar-refractivity contribution in [1.29, 1.82) is 0 Å². The zero-order valence-corrected chi connectivity index (χ0v) is 24.4. The Bertz CT molecular complexity index is 1380. The molecule has 1 N–H and O–H groups in total. The Morgan fingerprint density at radius 3 is 2.37 bits per heavy atom. The van der Waals surface area contributed by atoms with Crippen LogP contribution in [0.5, 0.6) is 5.75 Å². The van der Waals surface area contributed by atoms with Crippen molar-refractivity contribution < 1.29 is 14.3 Å². The third-order valence-corrected chi connectivity index (χ3v) is 8.31. The number of nitrogens with zero attached hydrogens (tertiary/aromatic N) is 2. The Hall–Kier alpha value is -3.90. The van der Waals surface area contributed by atoms with Crippen LogP contribution in [0.15, 0.2) is 84.4 Å². The van der Waals surface area contributed by atoms with Crippen LogP contribution in [-0.4, -0.2) is 67.0 Å². The number of carbonyl (C=O) groups is 2. The summed E-state index contributed by atoms with van der Waals surface area (Å²) < 4.78 is 6.09. The molecule has 3 aromatic carbocycles. The largest absolute Gasteiger partial charge is 0.493 e. The minimum atomic E-state index is -0.181. The Morgan fingerprint density at radius 2 is 1.63 bits per heavy atom. The molecule has 2 atom stereocenters. The van der Waals surface area contributed by atoms with E-state index in [0.29, 0.717) is 32.7 Å². The van der Waals surface area contributed by atoms with Gasteiger partial charge in [0.25, 0.3) is 5.91 Å². The maximum Gasteiger partial charge on any atom is 0.251 e. The maximum atomic E-state index is 14.0. The summed E-state index contributed by atoms with van der Waals surface area (Å²) in [4.78, 5) is 30.0. The molecule has 5 rings (SSSR count). The summed E-state index contributed by atoms with van der Waals surface area (Å²) in [6, 6.07) is 27.0. The Balaban J connectivity index is 1.34. The highest BCUT2D eigenvalue weighted by Crippen LogP contribution is 2.34. The molecule has 2 bridgehead atoms. The first kappa shape index (κ1) is 28.6. The van der Waals surface area contributed by atoms with Gasteiger partial charge in [0.15, 0.2) is 0 Å². The average molecular weight is 552 g/mol. The Labute approximate surface area is 244 Å². The number of rotatable bonds is 10. The van der Waals surface area contributed by atoms with Crippen LogP contribution in [-0.2, 0) is 28.9 Å². The Kier molecular flexibility index (Phi) is 9.20. The van der Waals surface area contributed by atoms with Gasteiger partial charge in [-0.2, -0.15) is 0 Å². The number of hydrogen-bond donors (Lipinski definition) is 1.